The fourth-order valence-corrected chi connectivity index (χ4v) is 2.91. The van der Waals surface area contributed by atoms with Gasteiger partial charge in [0, 0.05) is 30.4 Å². The lowest BCUT2D eigenvalue weighted by Gasteiger charge is -2.24. The molecule has 0 aromatic heterocycles. The minimum absolute atomic E-state index is 0.0689. The van der Waals surface area contributed by atoms with Crippen LogP contribution in [0.1, 0.15) is 59.4 Å². The number of nitrogens with zero attached hydrogens (tertiary/aromatic N) is 1. The van der Waals surface area contributed by atoms with Gasteiger partial charge in [-0.1, -0.05) is 38.5 Å². The molecule has 0 saturated carbocycles. The number of unbranched alkanes of at least 4 members (excludes halogenated alkanes) is 1. The lowest BCUT2D eigenvalue weighted by atomic mass is 9.97. The summed E-state index contributed by atoms with van der Waals surface area (Å²) in [5.41, 5.74) is 0.964. The highest BCUT2D eigenvalue weighted by Crippen LogP contribution is 2.28. The Balaban J connectivity index is 2.35. The summed E-state index contributed by atoms with van der Waals surface area (Å²) in [4.78, 5) is 26.3. The zero-order valence-electron chi connectivity index (χ0n) is 15.2. The number of rotatable bonds is 9. The standard InChI is InChI=1S/C21H25NO4/c1-3-5-13-22(12-4-2)15-10-11-18(19(23)14-15)20(24)16-8-6-7-9-17(16)21(25)26/h6-11,14,23H,3-5,12-13H2,1-2H3,(H,25,26). The summed E-state index contributed by atoms with van der Waals surface area (Å²) >= 11 is 0. The van der Waals surface area contributed by atoms with E-state index in [9.17, 15) is 19.8 Å². The number of hydrogen-bond donors (Lipinski definition) is 2. The molecular formula is C21H25NO4. The van der Waals surface area contributed by atoms with Gasteiger partial charge >= 0.3 is 5.97 Å². The van der Waals surface area contributed by atoms with E-state index in [2.05, 4.69) is 18.7 Å². The smallest absolute Gasteiger partial charge is 0.336 e. The third-order valence-corrected chi connectivity index (χ3v) is 4.27. The molecule has 2 rings (SSSR count). The fraction of sp³-hybridized carbons (Fsp3) is 0.333. The van der Waals surface area contributed by atoms with Gasteiger partial charge in [0.2, 0.25) is 0 Å². The summed E-state index contributed by atoms with van der Waals surface area (Å²) in [6.45, 7) is 5.98. The number of phenols is 1. The van der Waals surface area contributed by atoms with E-state index in [1.54, 1.807) is 24.3 Å². The molecule has 26 heavy (non-hydrogen) atoms. The number of aromatic hydroxyl groups is 1. The van der Waals surface area contributed by atoms with E-state index in [0.29, 0.717) is 0 Å². The van der Waals surface area contributed by atoms with Crippen molar-refractivity contribution in [1.82, 2.24) is 0 Å². The van der Waals surface area contributed by atoms with Crippen LogP contribution in [0.4, 0.5) is 5.69 Å². The van der Waals surface area contributed by atoms with Crippen LogP contribution in [-0.2, 0) is 0 Å². The van der Waals surface area contributed by atoms with Crippen molar-refractivity contribution in [2.75, 3.05) is 18.0 Å². The van der Waals surface area contributed by atoms with E-state index in [4.69, 9.17) is 0 Å². The fourth-order valence-electron chi connectivity index (χ4n) is 2.91. The monoisotopic (exact) mass is 355 g/mol. The first-order chi connectivity index (χ1) is 12.5. The summed E-state index contributed by atoms with van der Waals surface area (Å²) in [7, 11) is 0. The number of carbonyl (C=O) groups is 2. The minimum Gasteiger partial charge on any atom is -0.507 e. The molecule has 2 aromatic rings. The van der Waals surface area contributed by atoms with E-state index in [1.807, 2.05) is 6.07 Å². The zero-order valence-corrected chi connectivity index (χ0v) is 15.2. The number of benzene rings is 2. The molecule has 5 nitrogen and oxygen atoms in total. The number of anilines is 1. The number of carboxylic acids is 1. The van der Waals surface area contributed by atoms with Gasteiger partial charge in [0.15, 0.2) is 5.78 Å². The predicted octanol–water partition coefficient (Wildman–Crippen LogP) is 4.34. The maximum Gasteiger partial charge on any atom is 0.336 e. The number of ketones is 1. The van der Waals surface area contributed by atoms with Crippen molar-refractivity contribution in [3.05, 3.63) is 59.2 Å². The van der Waals surface area contributed by atoms with Gasteiger partial charge in [-0.15, -0.1) is 0 Å². The van der Waals surface area contributed by atoms with Crippen molar-refractivity contribution >= 4 is 17.4 Å². The third-order valence-electron chi connectivity index (χ3n) is 4.27. The van der Waals surface area contributed by atoms with Crippen LogP contribution < -0.4 is 4.90 Å². The predicted molar refractivity (Wildman–Crippen MR) is 102 cm³/mol. The Kier molecular flexibility index (Phi) is 6.78. The SMILES string of the molecule is CCCCN(CCC)c1ccc(C(=O)c2ccccc2C(=O)O)c(O)c1. The second-order valence-electron chi connectivity index (χ2n) is 6.22. The maximum atomic E-state index is 12.7. The van der Waals surface area contributed by atoms with Gasteiger partial charge in [-0.05, 0) is 31.0 Å². The first-order valence-corrected chi connectivity index (χ1v) is 8.94. The number of phenolic OH excluding ortho intramolecular Hbond substituents is 1. The normalized spacial score (nSPS) is 10.5. The van der Waals surface area contributed by atoms with Gasteiger partial charge < -0.3 is 15.1 Å². The molecule has 0 aliphatic carbocycles. The largest absolute Gasteiger partial charge is 0.507 e. The van der Waals surface area contributed by atoms with Crippen LogP contribution >= 0.6 is 0 Å². The Morgan fingerprint density at radius 2 is 1.62 bits per heavy atom. The highest BCUT2D eigenvalue weighted by atomic mass is 16.4. The van der Waals surface area contributed by atoms with Crippen molar-refractivity contribution in [1.29, 1.82) is 0 Å². The van der Waals surface area contributed by atoms with Crippen LogP contribution in [0, 0.1) is 0 Å². The van der Waals surface area contributed by atoms with E-state index < -0.39 is 11.8 Å². The Bertz CT molecular complexity index is 785. The van der Waals surface area contributed by atoms with Gasteiger partial charge in [0.1, 0.15) is 5.75 Å². The van der Waals surface area contributed by atoms with E-state index in [-0.39, 0.29) is 22.4 Å². The molecule has 0 atom stereocenters. The molecule has 0 radical (unpaired) electrons. The Morgan fingerprint density at radius 1 is 0.923 bits per heavy atom. The Hall–Kier alpha value is -2.82. The van der Waals surface area contributed by atoms with Crippen LogP contribution in [0.25, 0.3) is 0 Å². The molecule has 0 bridgehead atoms. The highest BCUT2D eigenvalue weighted by Gasteiger charge is 2.20. The van der Waals surface area contributed by atoms with E-state index in [1.165, 1.54) is 12.1 Å². The van der Waals surface area contributed by atoms with E-state index in [0.717, 1.165) is 38.0 Å². The molecule has 0 spiro atoms. The summed E-state index contributed by atoms with van der Waals surface area (Å²) in [6, 6.07) is 11.0. The highest BCUT2D eigenvalue weighted by molar-refractivity contribution is 6.15. The Labute approximate surface area is 153 Å². The third kappa shape index (κ3) is 4.42. The molecule has 2 N–H and O–H groups in total. The van der Waals surface area contributed by atoms with Gasteiger partial charge in [-0.3, -0.25) is 4.79 Å². The lowest BCUT2D eigenvalue weighted by Crippen LogP contribution is -2.25. The molecule has 0 amide bonds. The quantitative estimate of drug-likeness (QED) is 0.654. The molecule has 0 aliphatic rings. The first kappa shape index (κ1) is 19.5. The summed E-state index contributed by atoms with van der Waals surface area (Å²) in [5.74, 6) is -1.80. The molecular weight excluding hydrogens is 330 g/mol. The second-order valence-corrected chi connectivity index (χ2v) is 6.22. The van der Waals surface area contributed by atoms with Gasteiger partial charge in [0.25, 0.3) is 0 Å². The van der Waals surface area contributed by atoms with Crippen molar-refractivity contribution in [3.63, 3.8) is 0 Å². The van der Waals surface area contributed by atoms with Crippen LogP contribution in [0.3, 0.4) is 0 Å². The second kappa shape index (κ2) is 9.04. The number of carbonyl (C=O) groups excluding carboxylic acids is 1. The molecule has 0 fully saturated rings. The molecule has 0 aliphatic heterocycles. The van der Waals surface area contributed by atoms with Gasteiger partial charge in [-0.25, -0.2) is 4.79 Å². The van der Waals surface area contributed by atoms with Crippen LogP contribution in [0.5, 0.6) is 5.75 Å². The minimum atomic E-state index is -1.17. The molecule has 138 valence electrons. The van der Waals surface area contributed by atoms with Crippen LogP contribution in [0.15, 0.2) is 42.5 Å². The molecule has 5 heteroatoms. The molecule has 0 unspecified atom stereocenters. The van der Waals surface area contributed by atoms with Crippen molar-refractivity contribution in [3.8, 4) is 5.75 Å². The maximum absolute atomic E-state index is 12.7. The van der Waals surface area contributed by atoms with Crippen molar-refractivity contribution in [2.45, 2.75) is 33.1 Å². The molecule has 2 aromatic carbocycles. The van der Waals surface area contributed by atoms with Crippen LogP contribution in [0.2, 0.25) is 0 Å². The Morgan fingerprint density at radius 3 is 2.19 bits per heavy atom. The van der Waals surface area contributed by atoms with Crippen molar-refractivity contribution in [2.24, 2.45) is 0 Å². The van der Waals surface area contributed by atoms with Gasteiger partial charge in [0.05, 0.1) is 11.1 Å². The number of hydrogen-bond acceptors (Lipinski definition) is 4. The first-order valence-electron chi connectivity index (χ1n) is 8.94. The van der Waals surface area contributed by atoms with Gasteiger partial charge in [-0.2, -0.15) is 0 Å². The zero-order chi connectivity index (χ0) is 19.1. The number of aromatic carboxylic acids is 1. The van der Waals surface area contributed by atoms with E-state index >= 15 is 0 Å². The topological polar surface area (TPSA) is 77.8 Å². The summed E-state index contributed by atoms with van der Waals surface area (Å²) in [5, 5.41) is 19.7. The number of carboxylic acid groups (broad SMARTS) is 1. The van der Waals surface area contributed by atoms with Crippen LogP contribution in [-0.4, -0.2) is 35.1 Å². The average molecular weight is 355 g/mol. The molecule has 0 saturated heterocycles. The summed E-state index contributed by atoms with van der Waals surface area (Å²) in [6.07, 6.45) is 3.11. The summed E-state index contributed by atoms with van der Waals surface area (Å²) < 4.78 is 0. The lowest BCUT2D eigenvalue weighted by molar-refractivity contribution is 0.0692. The molecule has 0 heterocycles. The van der Waals surface area contributed by atoms with Crippen molar-refractivity contribution < 1.29 is 19.8 Å². The average Bonchev–Trinajstić information content (AvgIpc) is 2.64.